The number of rotatable bonds is 17. The topological polar surface area (TPSA) is 242 Å². The van der Waals surface area contributed by atoms with Crippen LogP contribution in [0.15, 0.2) is 42.5 Å². The van der Waals surface area contributed by atoms with Crippen molar-refractivity contribution >= 4 is 67.9 Å². The first kappa shape index (κ1) is 59.8. The second kappa shape index (κ2) is 20.7. The molecule has 2 aliphatic rings. The number of alkyl halides is 8. The van der Waals surface area contributed by atoms with Gasteiger partial charge >= 0.3 is 26.1 Å². The summed E-state index contributed by atoms with van der Waals surface area (Å²) in [7, 11) is -13.9. The maximum Gasteiger partial charge on any atom is 0.469 e. The number of carbonyl (C=O) groups excluding carboxylic acids is 2. The number of ether oxygens (including phenoxy) is 1. The molecular weight excluding hydrogens is 1150 g/mol. The van der Waals surface area contributed by atoms with Crippen LogP contribution in [0.25, 0.3) is 22.0 Å². The third kappa shape index (κ3) is 12.6. The summed E-state index contributed by atoms with van der Waals surface area (Å²) in [6.07, 6.45) is -9.95. The van der Waals surface area contributed by atoms with Crippen molar-refractivity contribution in [2.24, 2.45) is 11.3 Å². The number of phosphoric ester groups is 1. The van der Waals surface area contributed by atoms with Gasteiger partial charge in [0.15, 0.2) is 28.1 Å². The van der Waals surface area contributed by atoms with Crippen molar-refractivity contribution in [1.82, 2.24) is 29.9 Å². The van der Waals surface area contributed by atoms with Crippen LogP contribution < -0.4 is 9.62 Å². The zero-order valence-corrected chi connectivity index (χ0v) is 44.7. The summed E-state index contributed by atoms with van der Waals surface area (Å²) >= 11 is 6.67. The number of halogens is 11. The minimum absolute atomic E-state index is 0.0330. The number of nitrogens with one attached hydrogen (secondary N) is 1. The number of anilines is 1. The molecule has 0 aliphatic heterocycles. The minimum atomic E-state index is -5.25. The molecule has 0 saturated heterocycles. The van der Waals surface area contributed by atoms with Gasteiger partial charge in [-0.05, 0) is 94.7 Å². The molecule has 0 bridgehead atoms. The summed E-state index contributed by atoms with van der Waals surface area (Å²) in [4.78, 5) is 50.4. The molecule has 32 heteroatoms. The standard InChI is InChI=1S/C46H45ClF10N7O11PS2/c1-42(2,21-75-76(67,68)69)41(66)74-22-64(78(6,72)73)40-35-31(47)12-10-28(37(35)63(61-40)20-44(50,51)52)27-8-7-26(13-14-43(3,4)77(5,70)71)58-36(27)32(17-23-15-24(48)18-25(49)16-23)59-33(65)19-62-39-34(38(60-62)46(55,56)57)29-9-11-30(29)45(39,53)54/h7-8,10,12,15-16,18,29-30,32H,9,11,17,19-22H2,1-6H3,(H,59,65)(H2,67,68,69)/t29-,30+,32-/m0/s1. The molecule has 0 unspecified atom stereocenters. The van der Waals surface area contributed by atoms with Gasteiger partial charge in [0.1, 0.15) is 40.9 Å². The SMILES string of the molecule is CC(C)(COP(=O)(O)O)C(=O)OCN(c1nn(CC(F)(F)F)c2c(-c3ccc(C#CC(C)(C)S(C)(=O)=O)nc3[C@H](Cc3cc(F)cc(F)c3)NC(=O)Cn3nc(C(F)(F)F)c4c3C(F)(F)[C@@H]3CC[C@H]43)ccc(Cl)c12)S(C)(=O)=O. The fourth-order valence-electron chi connectivity index (χ4n) is 8.73. The van der Waals surface area contributed by atoms with E-state index >= 15 is 8.78 Å². The van der Waals surface area contributed by atoms with Crippen molar-refractivity contribution in [2.75, 3.05) is 30.2 Å². The fraction of sp³-hybridized carbons (Fsp3) is 0.457. The maximum atomic E-state index is 15.9. The van der Waals surface area contributed by atoms with E-state index in [2.05, 4.69) is 36.9 Å². The van der Waals surface area contributed by atoms with Gasteiger partial charge in [0.25, 0.3) is 5.92 Å². The molecule has 0 radical (unpaired) electrons. The molecule has 7 rings (SSSR count). The first-order valence-electron chi connectivity index (χ1n) is 22.7. The van der Waals surface area contributed by atoms with Gasteiger partial charge in [0.2, 0.25) is 15.9 Å². The minimum Gasteiger partial charge on any atom is -0.443 e. The molecule has 3 N–H and O–H groups in total. The predicted molar refractivity (Wildman–Crippen MR) is 257 cm³/mol. The number of amides is 1. The monoisotopic (exact) mass is 1190 g/mol. The van der Waals surface area contributed by atoms with Crippen LogP contribution in [0, 0.1) is 34.8 Å². The summed E-state index contributed by atoms with van der Waals surface area (Å²) in [5, 5.41) is 8.70. The van der Waals surface area contributed by atoms with E-state index in [0.717, 1.165) is 56.5 Å². The van der Waals surface area contributed by atoms with E-state index in [9.17, 15) is 66.1 Å². The second-order valence-electron chi connectivity index (χ2n) is 19.7. The van der Waals surface area contributed by atoms with Crippen LogP contribution in [-0.4, -0.2) is 99.8 Å². The number of aromatic nitrogens is 5. The van der Waals surface area contributed by atoms with E-state index in [1.165, 1.54) is 13.8 Å². The zero-order valence-electron chi connectivity index (χ0n) is 41.4. The summed E-state index contributed by atoms with van der Waals surface area (Å²) in [6.45, 7) is -1.04. The average molecular weight is 1190 g/mol. The van der Waals surface area contributed by atoms with E-state index in [1.54, 1.807) is 0 Å². The van der Waals surface area contributed by atoms with Crippen LogP contribution in [-0.2, 0) is 74.9 Å². The quantitative estimate of drug-likeness (QED) is 0.0262. The first-order chi connectivity index (χ1) is 35.6. The molecule has 1 saturated carbocycles. The van der Waals surface area contributed by atoms with Crippen LogP contribution in [0.3, 0.4) is 0 Å². The van der Waals surface area contributed by atoms with Crippen LogP contribution in [0.4, 0.5) is 49.7 Å². The molecule has 1 amide bonds. The highest BCUT2D eigenvalue weighted by Gasteiger charge is 2.63. The Morgan fingerprint density at radius 2 is 1.58 bits per heavy atom. The molecule has 3 aromatic heterocycles. The van der Waals surface area contributed by atoms with E-state index < -0.39 is 180 Å². The molecule has 3 heterocycles. The van der Waals surface area contributed by atoms with Crippen molar-refractivity contribution in [3.05, 3.63) is 93.0 Å². The maximum absolute atomic E-state index is 15.9. The lowest BCUT2D eigenvalue weighted by atomic mass is 9.73. The number of pyridine rings is 1. The number of esters is 1. The Bertz CT molecular complexity index is 3570. The number of phosphoric acid groups is 1. The number of hydrogen-bond acceptors (Lipinski definition) is 12. The normalized spacial score (nSPS) is 17.2. The number of benzene rings is 2. The zero-order chi connectivity index (χ0) is 58.3. The van der Waals surface area contributed by atoms with Crippen molar-refractivity contribution in [3.63, 3.8) is 0 Å². The van der Waals surface area contributed by atoms with E-state index in [4.69, 9.17) is 26.1 Å². The van der Waals surface area contributed by atoms with Gasteiger partial charge in [0.05, 0.1) is 45.9 Å². The van der Waals surface area contributed by atoms with Crippen LogP contribution in [0.2, 0.25) is 5.02 Å². The van der Waals surface area contributed by atoms with E-state index in [-0.39, 0.29) is 43.3 Å². The number of hydrogen-bond donors (Lipinski definition) is 3. The lowest BCUT2D eigenvalue weighted by Crippen LogP contribution is -2.38. The summed E-state index contributed by atoms with van der Waals surface area (Å²) in [5.41, 5.74) is -8.00. The predicted octanol–water partition coefficient (Wildman–Crippen LogP) is 8.08. The van der Waals surface area contributed by atoms with Gasteiger partial charge in [-0.3, -0.25) is 23.5 Å². The van der Waals surface area contributed by atoms with Gasteiger partial charge in [-0.1, -0.05) is 23.6 Å². The molecule has 2 aliphatic carbocycles. The molecule has 5 aromatic rings. The van der Waals surface area contributed by atoms with Gasteiger partial charge in [-0.2, -0.15) is 45.3 Å². The Morgan fingerprint density at radius 3 is 2.13 bits per heavy atom. The van der Waals surface area contributed by atoms with Crippen LogP contribution in [0.1, 0.15) is 86.4 Å². The Balaban J connectivity index is 1.45. The molecule has 424 valence electrons. The van der Waals surface area contributed by atoms with Gasteiger partial charge in [-0.25, -0.2) is 39.5 Å². The Morgan fingerprint density at radius 1 is 0.949 bits per heavy atom. The van der Waals surface area contributed by atoms with E-state index in [1.807, 2.05) is 0 Å². The number of sulfonamides is 1. The first-order valence-corrected chi connectivity index (χ1v) is 28.4. The molecular formula is C46H45ClF10N7O11PS2. The van der Waals surface area contributed by atoms with Gasteiger partial charge in [0, 0.05) is 34.9 Å². The number of nitrogens with zero attached hydrogens (tertiary/aromatic N) is 6. The molecule has 18 nitrogen and oxygen atoms in total. The third-order valence-corrected chi connectivity index (χ3v) is 16.7. The number of carbonyl (C=O) groups is 2. The van der Waals surface area contributed by atoms with Crippen LogP contribution in [0.5, 0.6) is 0 Å². The lowest BCUT2D eigenvalue weighted by Gasteiger charge is -2.34. The van der Waals surface area contributed by atoms with Crippen molar-refractivity contribution < 1.29 is 93.9 Å². The molecule has 3 atom stereocenters. The number of sulfone groups is 1. The highest BCUT2D eigenvalue weighted by Crippen LogP contribution is 2.64. The number of fused-ring (bicyclic) bond motifs is 4. The fourth-order valence-corrected chi connectivity index (χ4v) is 10.4. The Labute approximate surface area is 442 Å². The van der Waals surface area contributed by atoms with Crippen molar-refractivity contribution in [2.45, 2.75) is 95.0 Å². The molecule has 2 aromatic carbocycles. The summed E-state index contributed by atoms with van der Waals surface area (Å²) < 4.78 is 221. The highest BCUT2D eigenvalue weighted by molar-refractivity contribution is 7.92. The Kier molecular flexibility index (Phi) is 15.9. The summed E-state index contributed by atoms with van der Waals surface area (Å²) in [6, 6.07) is 4.58. The second-order valence-corrected chi connectivity index (χ2v) is 25.8. The Hall–Kier alpha value is -5.83. The van der Waals surface area contributed by atoms with Gasteiger partial charge in [-0.15, -0.1) is 0 Å². The van der Waals surface area contributed by atoms with Crippen LogP contribution >= 0.6 is 19.4 Å². The lowest BCUT2D eigenvalue weighted by molar-refractivity contribution is -0.155. The summed E-state index contributed by atoms with van der Waals surface area (Å²) in [5.74, 6) is -7.52. The van der Waals surface area contributed by atoms with Gasteiger partial charge < -0.3 is 19.8 Å². The van der Waals surface area contributed by atoms with Crippen molar-refractivity contribution in [1.29, 1.82) is 0 Å². The average Bonchev–Trinajstić information content (AvgIpc) is 3.86. The van der Waals surface area contributed by atoms with E-state index in [0.29, 0.717) is 12.3 Å². The molecule has 1 fully saturated rings. The third-order valence-electron chi connectivity index (χ3n) is 12.9. The highest BCUT2D eigenvalue weighted by atomic mass is 35.5. The molecule has 78 heavy (non-hydrogen) atoms. The molecule has 0 spiro atoms. The smallest absolute Gasteiger partial charge is 0.443 e. The largest absolute Gasteiger partial charge is 0.469 e. The van der Waals surface area contributed by atoms with Crippen molar-refractivity contribution in [3.8, 4) is 23.0 Å².